The number of hydrogen-bond acceptors (Lipinski definition) is 0. The number of hydrogen-bond donors (Lipinski definition) is 0. The molecule has 0 aliphatic carbocycles. The summed E-state index contributed by atoms with van der Waals surface area (Å²) >= 11 is 5.03. The van der Waals surface area contributed by atoms with Gasteiger partial charge in [0.1, 0.15) is 0 Å². The van der Waals surface area contributed by atoms with Crippen molar-refractivity contribution in [1.82, 2.24) is 0 Å². The topological polar surface area (TPSA) is 201 Å². The molecule has 0 heterocycles. The fraction of sp³-hybridized carbons (Fsp3) is 0. The molecule has 0 radical (unpaired) electrons. The average molecular weight is 277 g/mol. The predicted octanol–water partition coefficient (Wildman–Crippen LogP) is 5.15. The summed E-state index contributed by atoms with van der Waals surface area (Å²) in [5.41, 5.74) is 0. The Bertz CT molecular complexity index is 8.49. The zero-order valence-electron chi connectivity index (χ0n) is 4.20. The normalized spacial score (nSPS) is 0.750. The Hall–Kier alpha value is 0.863. The maximum atomic E-state index is 2.87. The van der Waals surface area contributed by atoms with Gasteiger partial charge in [0.15, 0.2) is 0 Å². The summed E-state index contributed by atoms with van der Waals surface area (Å²) in [5, 5.41) is 0. The molecule has 8 heteroatoms. The van der Waals surface area contributed by atoms with E-state index in [0.29, 0.717) is 0 Å². The van der Waals surface area contributed by atoms with Gasteiger partial charge in [0.25, 0.3) is 0 Å². The minimum atomic E-state index is 0. The Balaban J connectivity index is -0.000000000333. The summed E-state index contributed by atoms with van der Waals surface area (Å²) in [5.74, 6) is 0. The monoisotopic (exact) mass is 277 g/mol. The van der Waals surface area contributed by atoms with Crippen molar-refractivity contribution in [1.29, 1.82) is 0 Å². The minimum absolute atomic E-state index is 0. The third-order valence-corrected chi connectivity index (χ3v) is 0. The first-order chi connectivity index (χ1) is 1.00. The third kappa shape index (κ3) is 317. The van der Waals surface area contributed by atoms with Crippen molar-refractivity contribution in [3.63, 3.8) is 0 Å². The molecule has 0 aliphatic heterocycles. The van der Waals surface area contributed by atoms with E-state index in [1.54, 1.807) is 0 Å². The maximum Gasteiger partial charge on any atom is -0.693 e. The molecule has 0 fully saturated rings. The van der Waals surface area contributed by atoms with E-state index in [-0.39, 0.29) is 36.9 Å². The summed E-state index contributed by atoms with van der Waals surface area (Å²) in [6, 6.07) is 0. The molecule has 0 aliphatic rings. The van der Waals surface area contributed by atoms with Crippen molar-refractivity contribution < 1.29 is 16.3 Å². The molecular formula is H12BrN6Ru-6. The van der Waals surface area contributed by atoms with Crippen molar-refractivity contribution in [3.8, 4) is 0 Å². The van der Waals surface area contributed by atoms with Crippen molar-refractivity contribution >= 4 is 13.6 Å². The van der Waals surface area contributed by atoms with Gasteiger partial charge in [0.2, 0.25) is 0 Å². The first-order valence-corrected chi connectivity index (χ1v) is 4.11. The van der Waals surface area contributed by atoms with Crippen molar-refractivity contribution in [2.45, 2.75) is 0 Å². The summed E-state index contributed by atoms with van der Waals surface area (Å²) in [7, 11) is 0. The fourth-order valence-electron chi connectivity index (χ4n) is 0. The van der Waals surface area contributed by atoms with Crippen LogP contribution in [-0.2, 0) is 16.3 Å². The first kappa shape index (κ1) is 158. The van der Waals surface area contributed by atoms with Gasteiger partial charge in [-0.25, -0.2) is 0 Å². The average Bonchev–Trinajstić information content (AvgIpc) is 1.00. The molecule has 0 unspecified atom stereocenters. The van der Waals surface area contributed by atoms with Crippen LogP contribution in [0.25, 0.3) is 36.9 Å². The molecule has 0 atom stereocenters. The van der Waals surface area contributed by atoms with Gasteiger partial charge in [-0.1, -0.05) is 0 Å². The zero-order valence-corrected chi connectivity index (χ0v) is 7.52. The van der Waals surface area contributed by atoms with Crippen LogP contribution in [0.5, 0.6) is 0 Å². The predicted molar refractivity (Wildman–Crippen MR) is 40.6 cm³/mol. The van der Waals surface area contributed by atoms with E-state index in [0.717, 1.165) is 0 Å². The molecule has 0 aromatic rings. The fourth-order valence-corrected chi connectivity index (χ4v) is 0. The Labute approximate surface area is 67.1 Å². The maximum absolute atomic E-state index is 2.87. The SMILES string of the molecule is [Br][Ru].[NH2-].[NH2-].[NH2-].[NH2-].[NH2-].[NH2-]. The second-order valence-corrected chi connectivity index (χ2v) is 0. The molecule has 63 valence electrons. The van der Waals surface area contributed by atoms with Crippen LogP contribution in [0.15, 0.2) is 0 Å². The molecule has 0 bridgehead atoms. The Morgan fingerprint density at radius 1 is 0.500 bits per heavy atom. The van der Waals surface area contributed by atoms with Gasteiger partial charge in [-0.15, -0.1) is 0 Å². The van der Waals surface area contributed by atoms with E-state index in [2.05, 4.69) is 30.0 Å². The molecule has 0 aromatic heterocycles. The Morgan fingerprint density at radius 3 is 0.500 bits per heavy atom. The van der Waals surface area contributed by atoms with Crippen LogP contribution in [0.4, 0.5) is 0 Å². The Kier molecular flexibility index (Phi) is 9800. The standard InChI is InChI=1S/BrH.6H2N.Ru/h1H;6*1H2;/q;6*-1;+1/p-1. The van der Waals surface area contributed by atoms with Crippen LogP contribution in [0.1, 0.15) is 0 Å². The first-order valence-electron chi connectivity index (χ1n) is 0.134. The molecule has 8 heavy (non-hydrogen) atoms. The van der Waals surface area contributed by atoms with Crippen LogP contribution in [0.2, 0.25) is 0 Å². The third-order valence-electron chi connectivity index (χ3n) is 0. The van der Waals surface area contributed by atoms with Crippen LogP contribution in [0, 0.1) is 0 Å². The van der Waals surface area contributed by atoms with Gasteiger partial charge in [0, 0.05) is 0 Å². The smallest absolute Gasteiger partial charge is 0.693 e. The largest absolute Gasteiger partial charge is 0.693 e. The van der Waals surface area contributed by atoms with E-state index in [1.807, 2.05) is 0 Å². The van der Waals surface area contributed by atoms with E-state index in [9.17, 15) is 0 Å². The summed E-state index contributed by atoms with van der Waals surface area (Å²) < 4.78 is 0. The molecular weight excluding hydrogens is 265 g/mol. The quantitative estimate of drug-likeness (QED) is 0.527. The van der Waals surface area contributed by atoms with Gasteiger partial charge in [-0.2, -0.15) is 0 Å². The number of rotatable bonds is 0. The molecule has 0 spiro atoms. The van der Waals surface area contributed by atoms with Crippen molar-refractivity contribution in [2.75, 3.05) is 0 Å². The van der Waals surface area contributed by atoms with Gasteiger partial charge >= 0.3 is 30.0 Å². The number of nitrogens with two attached hydrogens (primary N) is 6. The molecule has 6 nitrogen and oxygen atoms in total. The second-order valence-electron chi connectivity index (χ2n) is 0. The van der Waals surface area contributed by atoms with E-state index >= 15 is 0 Å². The van der Waals surface area contributed by atoms with Crippen molar-refractivity contribution in [2.24, 2.45) is 0 Å². The summed E-state index contributed by atoms with van der Waals surface area (Å²) in [4.78, 5) is 0. The molecule has 0 rings (SSSR count). The van der Waals surface area contributed by atoms with Crippen LogP contribution in [-0.4, -0.2) is 0 Å². The summed E-state index contributed by atoms with van der Waals surface area (Å²) in [6.07, 6.45) is 0. The molecule has 12 N–H and O–H groups in total. The van der Waals surface area contributed by atoms with Gasteiger partial charge in [-0.3, -0.25) is 0 Å². The van der Waals surface area contributed by atoms with Gasteiger partial charge < -0.3 is 36.9 Å². The molecule has 0 amide bonds. The van der Waals surface area contributed by atoms with Crippen LogP contribution >= 0.6 is 13.6 Å². The zero-order chi connectivity index (χ0) is 2.00. The van der Waals surface area contributed by atoms with E-state index in [1.165, 1.54) is 0 Å². The Morgan fingerprint density at radius 2 is 0.500 bits per heavy atom. The van der Waals surface area contributed by atoms with E-state index in [4.69, 9.17) is 0 Å². The molecule has 0 saturated carbocycles. The van der Waals surface area contributed by atoms with E-state index < -0.39 is 0 Å². The van der Waals surface area contributed by atoms with Gasteiger partial charge in [0.05, 0.1) is 0 Å². The van der Waals surface area contributed by atoms with Crippen LogP contribution < -0.4 is 0 Å². The summed E-state index contributed by atoms with van der Waals surface area (Å²) in [6.45, 7) is 0. The molecule has 0 aromatic carbocycles. The molecule has 0 saturated heterocycles. The van der Waals surface area contributed by atoms with Crippen LogP contribution in [0.3, 0.4) is 0 Å². The minimum Gasteiger partial charge on any atom is -0.693 e. The number of halogens is 1. The van der Waals surface area contributed by atoms with Crippen molar-refractivity contribution in [3.05, 3.63) is 36.9 Å². The van der Waals surface area contributed by atoms with Gasteiger partial charge in [-0.05, 0) is 0 Å². The second kappa shape index (κ2) is 497.